The zero-order valence-electron chi connectivity index (χ0n) is 9.33. The largest absolute Gasteiger partial charge is 0.435 e. The van der Waals surface area contributed by atoms with Crippen molar-refractivity contribution < 1.29 is 18.3 Å². The number of nitrogens with one attached hydrogen (secondary N) is 1. The zero-order valence-corrected chi connectivity index (χ0v) is 9.33. The highest BCUT2D eigenvalue weighted by Gasteiger charge is 2.32. The zero-order chi connectivity index (χ0) is 12.9. The summed E-state index contributed by atoms with van der Waals surface area (Å²) in [6.45, 7) is 2.18. The van der Waals surface area contributed by atoms with Crippen LogP contribution in [0.2, 0.25) is 0 Å². The van der Waals surface area contributed by atoms with Crippen molar-refractivity contribution in [2.45, 2.75) is 32.0 Å². The van der Waals surface area contributed by atoms with Crippen LogP contribution in [-0.2, 0) is 6.18 Å². The molecule has 17 heavy (non-hydrogen) atoms. The van der Waals surface area contributed by atoms with Crippen molar-refractivity contribution in [3.8, 4) is 0 Å². The van der Waals surface area contributed by atoms with Crippen molar-refractivity contribution in [3.63, 3.8) is 0 Å². The van der Waals surface area contributed by atoms with Gasteiger partial charge in [0.1, 0.15) is 5.82 Å². The molecule has 0 radical (unpaired) electrons. The SMILES string of the molecule is CCCC(O)CNc1ccc(C(F)(F)F)nn1. The Morgan fingerprint density at radius 2 is 2.06 bits per heavy atom. The molecule has 7 heteroatoms. The summed E-state index contributed by atoms with van der Waals surface area (Å²) in [6.07, 6.45) is -3.56. The third-order valence-corrected chi connectivity index (χ3v) is 2.10. The smallest absolute Gasteiger partial charge is 0.391 e. The minimum atomic E-state index is -4.48. The van der Waals surface area contributed by atoms with Gasteiger partial charge in [0.15, 0.2) is 5.69 Å². The predicted molar refractivity (Wildman–Crippen MR) is 56.4 cm³/mol. The topological polar surface area (TPSA) is 58.0 Å². The van der Waals surface area contributed by atoms with Gasteiger partial charge in [-0.2, -0.15) is 13.2 Å². The summed E-state index contributed by atoms with van der Waals surface area (Å²) in [5, 5.41) is 18.6. The molecule has 0 amide bonds. The minimum Gasteiger partial charge on any atom is -0.391 e. The third kappa shape index (κ3) is 4.56. The van der Waals surface area contributed by atoms with E-state index in [9.17, 15) is 18.3 Å². The first-order chi connectivity index (χ1) is 7.93. The third-order valence-electron chi connectivity index (χ3n) is 2.10. The standard InChI is InChI=1S/C10H14F3N3O/c1-2-3-7(17)6-14-9-5-4-8(15-16-9)10(11,12)13/h4-5,7,17H,2-3,6H2,1H3,(H,14,16). The van der Waals surface area contributed by atoms with E-state index in [1.54, 1.807) is 0 Å². The lowest BCUT2D eigenvalue weighted by molar-refractivity contribution is -0.141. The second kappa shape index (κ2) is 5.81. The van der Waals surface area contributed by atoms with Gasteiger partial charge in [-0.1, -0.05) is 13.3 Å². The number of aliphatic hydroxyl groups excluding tert-OH is 1. The van der Waals surface area contributed by atoms with Crippen molar-refractivity contribution in [1.29, 1.82) is 0 Å². The molecule has 1 unspecified atom stereocenters. The maximum atomic E-state index is 12.2. The van der Waals surface area contributed by atoms with E-state index >= 15 is 0 Å². The van der Waals surface area contributed by atoms with Crippen molar-refractivity contribution in [2.24, 2.45) is 0 Å². The lowest BCUT2D eigenvalue weighted by atomic mass is 10.2. The molecule has 1 aromatic rings. The number of aliphatic hydroxyl groups is 1. The fourth-order valence-corrected chi connectivity index (χ4v) is 1.24. The first-order valence-corrected chi connectivity index (χ1v) is 5.26. The summed E-state index contributed by atoms with van der Waals surface area (Å²) < 4.78 is 36.5. The van der Waals surface area contributed by atoms with Crippen molar-refractivity contribution in [1.82, 2.24) is 10.2 Å². The van der Waals surface area contributed by atoms with E-state index in [0.29, 0.717) is 6.42 Å². The second-order valence-electron chi connectivity index (χ2n) is 3.62. The highest BCUT2D eigenvalue weighted by molar-refractivity contribution is 5.33. The molecule has 0 saturated heterocycles. The lowest BCUT2D eigenvalue weighted by Gasteiger charge is -2.11. The van der Waals surface area contributed by atoms with E-state index in [0.717, 1.165) is 12.5 Å². The number of rotatable bonds is 5. The van der Waals surface area contributed by atoms with Crippen LogP contribution < -0.4 is 5.32 Å². The number of hydrogen-bond acceptors (Lipinski definition) is 4. The van der Waals surface area contributed by atoms with Gasteiger partial charge < -0.3 is 10.4 Å². The molecule has 0 aliphatic heterocycles. The van der Waals surface area contributed by atoms with Crippen LogP contribution in [0.15, 0.2) is 12.1 Å². The van der Waals surface area contributed by atoms with Crippen LogP contribution in [0, 0.1) is 0 Å². The fraction of sp³-hybridized carbons (Fsp3) is 0.600. The molecule has 1 aromatic heterocycles. The first kappa shape index (κ1) is 13.7. The summed E-state index contributed by atoms with van der Waals surface area (Å²) in [4.78, 5) is 0. The summed E-state index contributed by atoms with van der Waals surface area (Å²) >= 11 is 0. The number of hydrogen-bond donors (Lipinski definition) is 2. The van der Waals surface area contributed by atoms with Crippen molar-refractivity contribution >= 4 is 5.82 Å². The van der Waals surface area contributed by atoms with E-state index in [4.69, 9.17) is 0 Å². The molecule has 0 spiro atoms. The molecule has 1 heterocycles. The molecule has 0 fully saturated rings. The summed E-state index contributed by atoms with van der Waals surface area (Å²) in [5.74, 6) is 0.216. The van der Waals surface area contributed by atoms with Crippen LogP contribution in [0.1, 0.15) is 25.5 Å². The molecular weight excluding hydrogens is 235 g/mol. The number of aromatic nitrogens is 2. The Morgan fingerprint density at radius 1 is 1.35 bits per heavy atom. The van der Waals surface area contributed by atoms with Crippen LogP contribution in [0.3, 0.4) is 0 Å². The van der Waals surface area contributed by atoms with Gasteiger partial charge >= 0.3 is 6.18 Å². The molecule has 0 aromatic carbocycles. The van der Waals surface area contributed by atoms with E-state index < -0.39 is 18.0 Å². The van der Waals surface area contributed by atoms with E-state index in [2.05, 4.69) is 15.5 Å². The van der Waals surface area contributed by atoms with Crippen LogP contribution in [0.25, 0.3) is 0 Å². The molecule has 0 aliphatic rings. The van der Waals surface area contributed by atoms with Gasteiger partial charge in [-0.05, 0) is 18.6 Å². The Bertz CT molecular complexity index is 340. The molecule has 4 nitrogen and oxygen atoms in total. The van der Waals surface area contributed by atoms with Gasteiger partial charge in [-0.25, -0.2) is 0 Å². The lowest BCUT2D eigenvalue weighted by Crippen LogP contribution is -2.20. The van der Waals surface area contributed by atoms with Crippen molar-refractivity contribution in [2.75, 3.05) is 11.9 Å². The van der Waals surface area contributed by atoms with Crippen LogP contribution in [0.5, 0.6) is 0 Å². The average molecular weight is 249 g/mol. The minimum absolute atomic E-state index is 0.216. The van der Waals surface area contributed by atoms with E-state index in [1.165, 1.54) is 6.07 Å². The van der Waals surface area contributed by atoms with Gasteiger partial charge in [-0.3, -0.25) is 0 Å². The predicted octanol–water partition coefficient (Wildman–Crippen LogP) is 2.07. The van der Waals surface area contributed by atoms with E-state index in [1.807, 2.05) is 6.92 Å². The highest BCUT2D eigenvalue weighted by atomic mass is 19.4. The molecule has 1 rings (SSSR count). The maximum absolute atomic E-state index is 12.2. The summed E-state index contributed by atoms with van der Waals surface area (Å²) in [7, 11) is 0. The fourth-order valence-electron chi connectivity index (χ4n) is 1.24. The average Bonchev–Trinajstić information content (AvgIpc) is 2.26. The molecule has 1 atom stereocenters. The summed E-state index contributed by atoms with van der Waals surface area (Å²) in [6, 6.07) is 2.04. The van der Waals surface area contributed by atoms with Crippen LogP contribution >= 0.6 is 0 Å². The Kier molecular flexibility index (Phi) is 4.68. The Hall–Kier alpha value is -1.37. The molecule has 2 N–H and O–H groups in total. The van der Waals surface area contributed by atoms with Gasteiger partial charge in [0, 0.05) is 6.54 Å². The summed E-state index contributed by atoms with van der Waals surface area (Å²) in [5.41, 5.74) is -1.03. The quantitative estimate of drug-likeness (QED) is 0.838. The Labute approximate surface area is 96.9 Å². The van der Waals surface area contributed by atoms with Gasteiger partial charge in [0.25, 0.3) is 0 Å². The van der Waals surface area contributed by atoms with Crippen molar-refractivity contribution in [3.05, 3.63) is 17.8 Å². The van der Waals surface area contributed by atoms with Crippen LogP contribution in [0.4, 0.5) is 19.0 Å². The molecule has 0 bridgehead atoms. The molecular formula is C10H14F3N3O. The first-order valence-electron chi connectivity index (χ1n) is 5.26. The van der Waals surface area contributed by atoms with Gasteiger partial charge in [0.05, 0.1) is 6.10 Å². The second-order valence-corrected chi connectivity index (χ2v) is 3.62. The number of alkyl halides is 3. The Morgan fingerprint density at radius 3 is 2.53 bits per heavy atom. The number of halogens is 3. The van der Waals surface area contributed by atoms with E-state index in [-0.39, 0.29) is 12.4 Å². The normalized spacial score (nSPS) is 13.5. The Balaban J connectivity index is 2.51. The number of anilines is 1. The number of nitrogens with zero attached hydrogens (tertiary/aromatic N) is 2. The molecule has 0 saturated carbocycles. The van der Waals surface area contributed by atoms with Crippen LogP contribution in [-0.4, -0.2) is 28.0 Å². The molecule has 0 aliphatic carbocycles. The maximum Gasteiger partial charge on any atom is 0.435 e. The molecule has 96 valence electrons. The monoisotopic (exact) mass is 249 g/mol. The highest BCUT2D eigenvalue weighted by Crippen LogP contribution is 2.26. The van der Waals surface area contributed by atoms with Gasteiger partial charge in [0.2, 0.25) is 0 Å². The van der Waals surface area contributed by atoms with Gasteiger partial charge in [-0.15, -0.1) is 10.2 Å².